The summed E-state index contributed by atoms with van der Waals surface area (Å²) in [5, 5.41) is 3.32. The predicted molar refractivity (Wildman–Crippen MR) is 94.8 cm³/mol. The average molecular weight is 332 g/mol. The van der Waals surface area contributed by atoms with Crippen LogP contribution in [0, 0.1) is 0 Å². The van der Waals surface area contributed by atoms with Gasteiger partial charge in [0.25, 0.3) is 0 Å². The fraction of sp³-hybridized carbons (Fsp3) is 0.632. The van der Waals surface area contributed by atoms with Gasteiger partial charge in [-0.05, 0) is 52.2 Å². The van der Waals surface area contributed by atoms with Gasteiger partial charge in [-0.15, -0.1) is 0 Å². The van der Waals surface area contributed by atoms with Gasteiger partial charge in [0.1, 0.15) is 6.04 Å². The molecule has 1 amide bonds. The number of likely N-dealkylation sites (tertiary alicyclic amines) is 1. The van der Waals surface area contributed by atoms with E-state index < -0.39 is 0 Å². The highest BCUT2D eigenvalue weighted by Gasteiger charge is 2.31. The zero-order valence-electron chi connectivity index (χ0n) is 14.9. The van der Waals surface area contributed by atoms with Crippen molar-refractivity contribution in [2.24, 2.45) is 0 Å². The number of rotatable bonds is 3. The Morgan fingerprint density at radius 1 is 1.12 bits per heavy atom. The molecule has 1 aromatic carbocycles. The van der Waals surface area contributed by atoms with Crippen LogP contribution in [0.4, 0.5) is 5.69 Å². The lowest BCUT2D eigenvalue weighted by molar-refractivity contribution is -0.137. The monoisotopic (exact) mass is 332 g/mol. The van der Waals surface area contributed by atoms with E-state index in [9.17, 15) is 4.79 Å². The van der Waals surface area contributed by atoms with Crippen LogP contribution < -0.4 is 14.8 Å². The number of carbonyl (C=O) groups excluding carboxylic acids is 1. The molecule has 1 saturated heterocycles. The standard InChI is InChI=1S/C19H28N2O3/c1-13-6-4-7-14(2)21(13)19(22)15(3)20-16-8-9-17-18(12-16)24-11-5-10-23-17/h8-9,12-15,20H,4-7,10-11H2,1-3H3/t13-,14+,15-/m1/s1. The summed E-state index contributed by atoms with van der Waals surface area (Å²) in [6, 6.07) is 6.14. The number of piperidine rings is 1. The first-order chi connectivity index (χ1) is 11.6. The van der Waals surface area contributed by atoms with Crippen LogP contribution in [0.15, 0.2) is 18.2 Å². The van der Waals surface area contributed by atoms with Gasteiger partial charge in [-0.25, -0.2) is 0 Å². The molecule has 0 bridgehead atoms. The van der Waals surface area contributed by atoms with E-state index in [4.69, 9.17) is 9.47 Å². The summed E-state index contributed by atoms with van der Waals surface area (Å²) in [7, 11) is 0. The minimum atomic E-state index is -0.266. The van der Waals surface area contributed by atoms with Crippen molar-refractivity contribution in [2.45, 2.75) is 64.6 Å². The van der Waals surface area contributed by atoms with E-state index >= 15 is 0 Å². The molecule has 1 aromatic rings. The van der Waals surface area contributed by atoms with E-state index in [0.29, 0.717) is 25.3 Å². The highest BCUT2D eigenvalue weighted by molar-refractivity contribution is 5.85. The number of anilines is 1. The maximum Gasteiger partial charge on any atom is 0.245 e. The van der Waals surface area contributed by atoms with E-state index in [1.54, 1.807) is 0 Å². The molecule has 2 aliphatic heterocycles. The number of nitrogens with one attached hydrogen (secondary N) is 1. The topological polar surface area (TPSA) is 50.8 Å². The molecule has 132 valence electrons. The molecule has 2 heterocycles. The summed E-state index contributed by atoms with van der Waals surface area (Å²) < 4.78 is 11.4. The van der Waals surface area contributed by atoms with Crippen LogP contribution in [0.1, 0.15) is 46.5 Å². The molecule has 0 unspecified atom stereocenters. The number of benzene rings is 1. The maximum atomic E-state index is 12.9. The Morgan fingerprint density at radius 3 is 2.50 bits per heavy atom. The van der Waals surface area contributed by atoms with Crippen molar-refractivity contribution in [2.75, 3.05) is 18.5 Å². The van der Waals surface area contributed by atoms with Crippen LogP contribution in [-0.2, 0) is 4.79 Å². The first-order valence-electron chi connectivity index (χ1n) is 9.04. The second-order valence-corrected chi connectivity index (χ2v) is 6.95. The molecule has 3 atom stereocenters. The molecule has 24 heavy (non-hydrogen) atoms. The zero-order chi connectivity index (χ0) is 17.1. The largest absolute Gasteiger partial charge is 0.490 e. The fourth-order valence-corrected chi connectivity index (χ4v) is 3.64. The third-order valence-electron chi connectivity index (χ3n) is 4.95. The fourth-order valence-electron chi connectivity index (χ4n) is 3.64. The Bertz CT molecular complexity index is 580. The highest BCUT2D eigenvalue weighted by atomic mass is 16.5. The summed E-state index contributed by atoms with van der Waals surface area (Å²) >= 11 is 0. The molecule has 3 rings (SSSR count). The minimum absolute atomic E-state index is 0.168. The quantitative estimate of drug-likeness (QED) is 0.921. The number of fused-ring (bicyclic) bond motifs is 1. The van der Waals surface area contributed by atoms with Crippen molar-refractivity contribution in [3.05, 3.63) is 18.2 Å². The lowest BCUT2D eigenvalue weighted by Crippen LogP contribution is -2.52. The van der Waals surface area contributed by atoms with Crippen LogP contribution in [0.3, 0.4) is 0 Å². The molecule has 5 heteroatoms. The van der Waals surface area contributed by atoms with Crippen LogP contribution in [0.5, 0.6) is 11.5 Å². The van der Waals surface area contributed by atoms with Gasteiger partial charge in [0.2, 0.25) is 5.91 Å². The number of hydrogen-bond donors (Lipinski definition) is 1. The van der Waals surface area contributed by atoms with Crippen LogP contribution in [0.25, 0.3) is 0 Å². The van der Waals surface area contributed by atoms with Crippen molar-refractivity contribution in [3.63, 3.8) is 0 Å². The summed E-state index contributed by atoms with van der Waals surface area (Å²) in [5.74, 6) is 1.69. The summed E-state index contributed by atoms with van der Waals surface area (Å²) in [6.07, 6.45) is 4.27. The smallest absolute Gasteiger partial charge is 0.245 e. The Labute approximate surface area is 144 Å². The van der Waals surface area contributed by atoms with Gasteiger partial charge in [0.05, 0.1) is 13.2 Å². The lowest BCUT2D eigenvalue weighted by Gasteiger charge is -2.40. The van der Waals surface area contributed by atoms with E-state index in [0.717, 1.165) is 36.4 Å². The maximum absolute atomic E-state index is 12.9. The van der Waals surface area contributed by atoms with E-state index in [-0.39, 0.29) is 11.9 Å². The van der Waals surface area contributed by atoms with Gasteiger partial charge in [-0.2, -0.15) is 0 Å². The molecule has 0 aliphatic carbocycles. The molecule has 0 spiro atoms. The SMILES string of the molecule is C[C@@H]1CCC[C@H](C)N1C(=O)[C@@H](C)Nc1ccc2c(c1)OCCCO2. The molecule has 5 nitrogen and oxygen atoms in total. The number of carbonyl (C=O) groups is 1. The van der Waals surface area contributed by atoms with Gasteiger partial charge >= 0.3 is 0 Å². The van der Waals surface area contributed by atoms with Crippen molar-refractivity contribution in [1.82, 2.24) is 4.90 Å². The Kier molecular flexibility index (Phi) is 5.17. The van der Waals surface area contributed by atoms with Gasteiger partial charge in [0.15, 0.2) is 11.5 Å². The van der Waals surface area contributed by atoms with Crippen molar-refractivity contribution in [1.29, 1.82) is 0 Å². The molecule has 0 radical (unpaired) electrons. The van der Waals surface area contributed by atoms with Crippen LogP contribution >= 0.6 is 0 Å². The van der Waals surface area contributed by atoms with Gasteiger partial charge < -0.3 is 19.7 Å². The molecular weight excluding hydrogens is 304 g/mol. The van der Waals surface area contributed by atoms with Crippen molar-refractivity contribution >= 4 is 11.6 Å². The third kappa shape index (κ3) is 3.60. The number of ether oxygens (including phenoxy) is 2. The van der Waals surface area contributed by atoms with Crippen molar-refractivity contribution in [3.8, 4) is 11.5 Å². The number of nitrogens with zero attached hydrogens (tertiary/aromatic N) is 1. The normalized spacial score (nSPS) is 24.9. The van der Waals surface area contributed by atoms with Crippen molar-refractivity contribution < 1.29 is 14.3 Å². The predicted octanol–water partition coefficient (Wildman–Crippen LogP) is 3.44. The third-order valence-corrected chi connectivity index (χ3v) is 4.95. The molecule has 1 fully saturated rings. The zero-order valence-corrected chi connectivity index (χ0v) is 14.9. The highest BCUT2D eigenvalue weighted by Crippen LogP contribution is 2.32. The second-order valence-electron chi connectivity index (χ2n) is 6.95. The first-order valence-corrected chi connectivity index (χ1v) is 9.04. The minimum Gasteiger partial charge on any atom is -0.490 e. The Morgan fingerprint density at radius 2 is 1.79 bits per heavy atom. The summed E-state index contributed by atoms with van der Waals surface area (Å²) in [5.41, 5.74) is 0.886. The van der Waals surface area contributed by atoms with E-state index in [1.165, 1.54) is 6.42 Å². The molecule has 0 aromatic heterocycles. The van der Waals surface area contributed by atoms with Crippen LogP contribution in [-0.4, -0.2) is 42.1 Å². The summed E-state index contributed by atoms with van der Waals surface area (Å²) in [6.45, 7) is 7.56. The van der Waals surface area contributed by atoms with Gasteiger partial charge in [-0.3, -0.25) is 4.79 Å². The average Bonchev–Trinajstić information content (AvgIpc) is 2.79. The second kappa shape index (κ2) is 7.32. The molecule has 0 saturated carbocycles. The summed E-state index contributed by atoms with van der Waals surface area (Å²) in [4.78, 5) is 14.9. The lowest BCUT2D eigenvalue weighted by atomic mass is 9.96. The van der Waals surface area contributed by atoms with Gasteiger partial charge in [-0.1, -0.05) is 0 Å². The van der Waals surface area contributed by atoms with Crippen LogP contribution in [0.2, 0.25) is 0 Å². The number of hydrogen-bond acceptors (Lipinski definition) is 4. The Hall–Kier alpha value is -1.91. The van der Waals surface area contributed by atoms with E-state index in [2.05, 4.69) is 19.2 Å². The molecule has 2 aliphatic rings. The first kappa shape index (κ1) is 16.9. The molecule has 1 N–H and O–H groups in total. The number of amides is 1. The molecular formula is C19H28N2O3. The van der Waals surface area contributed by atoms with Gasteiger partial charge in [0, 0.05) is 30.3 Å². The van der Waals surface area contributed by atoms with E-state index in [1.807, 2.05) is 30.0 Å². The Balaban J connectivity index is 1.69.